The third kappa shape index (κ3) is 3.35. The molecule has 2 aliphatic rings. The Morgan fingerprint density at radius 3 is 2.55 bits per heavy atom. The van der Waals surface area contributed by atoms with Crippen LogP contribution in [0.25, 0.3) is 0 Å². The van der Waals surface area contributed by atoms with E-state index in [1.807, 2.05) is 4.90 Å². The number of carbonyl (C=O) groups excluding carboxylic acids is 1. The van der Waals surface area contributed by atoms with E-state index in [0.29, 0.717) is 0 Å². The van der Waals surface area contributed by atoms with Gasteiger partial charge in [-0.3, -0.25) is 4.79 Å². The summed E-state index contributed by atoms with van der Waals surface area (Å²) in [4.78, 5) is 19.9. The van der Waals surface area contributed by atoms with Gasteiger partial charge < -0.3 is 10.2 Å². The summed E-state index contributed by atoms with van der Waals surface area (Å²) in [5.41, 5.74) is 0.0195. The maximum absolute atomic E-state index is 12.7. The standard InChI is InChI=1S/C17H27N3OS/c1-17(2,3)16-19-11-14(22-16)15(21)20-8-5-12(6-9-20)13-4-7-18-10-13/h11-13,18H,4-10H2,1-3H3. The van der Waals surface area contributed by atoms with Crippen LogP contribution in [0.1, 0.15) is 54.7 Å². The number of likely N-dealkylation sites (tertiary alicyclic amines) is 1. The molecular formula is C17H27N3OS. The molecule has 0 bridgehead atoms. The fourth-order valence-corrected chi connectivity index (χ4v) is 4.47. The normalized spacial score (nSPS) is 24.0. The first-order chi connectivity index (χ1) is 10.4. The Morgan fingerprint density at radius 1 is 1.27 bits per heavy atom. The van der Waals surface area contributed by atoms with E-state index in [2.05, 4.69) is 31.1 Å². The first-order valence-corrected chi connectivity index (χ1v) is 9.23. The maximum Gasteiger partial charge on any atom is 0.265 e. The third-order valence-electron chi connectivity index (χ3n) is 4.95. The molecule has 2 fully saturated rings. The zero-order valence-corrected chi connectivity index (χ0v) is 14.7. The van der Waals surface area contributed by atoms with Crippen LogP contribution in [0.15, 0.2) is 6.20 Å². The van der Waals surface area contributed by atoms with Crippen LogP contribution in [0.5, 0.6) is 0 Å². The molecule has 122 valence electrons. The topological polar surface area (TPSA) is 45.2 Å². The number of aromatic nitrogens is 1. The summed E-state index contributed by atoms with van der Waals surface area (Å²) in [5.74, 6) is 1.80. The molecule has 3 rings (SSSR count). The second-order valence-electron chi connectivity index (χ2n) is 7.66. The second-order valence-corrected chi connectivity index (χ2v) is 8.69. The van der Waals surface area contributed by atoms with Crippen molar-refractivity contribution in [3.63, 3.8) is 0 Å². The van der Waals surface area contributed by atoms with Crippen LogP contribution in [0.3, 0.4) is 0 Å². The molecule has 0 aliphatic carbocycles. The van der Waals surface area contributed by atoms with Gasteiger partial charge in [-0.15, -0.1) is 11.3 Å². The maximum atomic E-state index is 12.7. The molecule has 4 nitrogen and oxygen atoms in total. The lowest BCUT2D eigenvalue weighted by Crippen LogP contribution is -2.40. The van der Waals surface area contributed by atoms with Gasteiger partial charge in [-0.05, 0) is 44.2 Å². The highest BCUT2D eigenvalue weighted by atomic mass is 32.1. The summed E-state index contributed by atoms with van der Waals surface area (Å²) < 4.78 is 0. The van der Waals surface area contributed by atoms with Crippen LogP contribution in [0.4, 0.5) is 0 Å². The number of carbonyl (C=O) groups is 1. The zero-order valence-electron chi connectivity index (χ0n) is 13.9. The summed E-state index contributed by atoms with van der Waals surface area (Å²) in [6, 6.07) is 0. The van der Waals surface area contributed by atoms with Crippen LogP contribution in [0, 0.1) is 11.8 Å². The third-order valence-corrected chi connectivity index (χ3v) is 6.36. The van der Waals surface area contributed by atoms with Crippen molar-refractivity contribution in [3.8, 4) is 0 Å². The number of hydrogen-bond donors (Lipinski definition) is 1. The molecule has 2 aliphatic heterocycles. The number of rotatable bonds is 2. The van der Waals surface area contributed by atoms with E-state index in [1.165, 1.54) is 19.5 Å². The number of piperidine rings is 1. The lowest BCUT2D eigenvalue weighted by atomic mass is 9.84. The highest BCUT2D eigenvalue weighted by Crippen LogP contribution is 2.31. The van der Waals surface area contributed by atoms with Crippen molar-refractivity contribution < 1.29 is 4.79 Å². The minimum atomic E-state index is 0.0195. The Labute approximate surface area is 137 Å². The predicted molar refractivity (Wildman–Crippen MR) is 90.4 cm³/mol. The Morgan fingerprint density at radius 2 is 2.00 bits per heavy atom. The molecule has 2 saturated heterocycles. The highest BCUT2D eigenvalue weighted by Gasteiger charge is 2.31. The first-order valence-electron chi connectivity index (χ1n) is 8.41. The number of nitrogens with one attached hydrogen (secondary N) is 1. The molecular weight excluding hydrogens is 294 g/mol. The molecule has 0 radical (unpaired) electrons. The summed E-state index contributed by atoms with van der Waals surface area (Å²) in [6.07, 6.45) is 5.38. The smallest absolute Gasteiger partial charge is 0.265 e. The van der Waals surface area contributed by atoms with E-state index in [9.17, 15) is 4.79 Å². The molecule has 1 aromatic rings. The molecule has 0 spiro atoms. The average Bonchev–Trinajstić information content (AvgIpc) is 3.17. The average molecular weight is 321 g/mol. The van der Waals surface area contributed by atoms with Crippen molar-refractivity contribution in [1.29, 1.82) is 0 Å². The molecule has 22 heavy (non-hydrogen) atoms. The summed E-state index contributed by atoms with van der Waals surface area (Å²) in [6.45, 7) is 10.6. The van der Waals surface area contributed by atoms with E-state index in [1.54, 1.807) is 17.5 Å². The van der Waals surface area contributed by atoms with Gasteiger partial charge in [0.15, 0.2) is 0 Å². The van der Waals surface area contributed by atoms with Crippen LogP contribution in [-0.2, 0) is 5.41 Å². The van der Waals surface area contributed by atoms with Crippen LogP contribution in [0.2, 0.25) is 0 Å². The molecule has 0 aromatic carbocycles. The SMILES string of the molecule is CC(C)(C)c1ncc(C(=O)N2CCC(C3CCNC3)CC2)s1. The molecule has 0 saturated carbocycles. The van der Waals surface area contributed by atoms with E-state index in [0.717, 1.165) is 47.7 Å². The number of amides is 1. The van der Waals surface area contributed by atoms with E-state index >= 15 is 0 Å². The molecule has 1 N–H and O–H groups in total. The van der Waals surface area contributed by atoms with Gasteiger partial charge in [-0.2, -0.15) is 0 Å². The molecule has 1 atom stereocenters. The van der Waals surface area contributed by atoms with Gasteiger partial charge in [0.05, 0.1) is 11.2 Å². The quantitative estimate of drug-likeness (QED) is 0.911. The van der Waals surface area contributed by atoms with Gasteiger partial charge in [-0.1, -0.05) is 20.8 Å². The summed E-state index contributed by atoms with van der Waals surface area (Å²) in [5, 5.41) is 4.50. The van der Waals surface area contributed by atoms with Crippen molar-refractivity contribution in [2.24, 2.45) is 11.8 Å². The molecule has 1 amide bonds. The van der Waals surface area contributed by atoms with Gasteiger partial charge in [0.25, 0.3) is 5.91 Å². The fourth-order valence-electron chi connectivity index (χ4n) is 3.53. The fraction of sp³-hybridized carbons (Fsp3) is 0.765. The molecule has 1 unspecified atom stereocenters. The Kier molecular flexibility index (Phi) is 4.55. The lowest BCUT2D eigenvalue weighted by Gasteiger charge is -2.34. The second kappa shape index (κ2) is 6.28. The van der Waals surface area contributed by atoms with E-state index < -0.39 is 0 Å². The highest BCUT2D eigenvalue weighted by molar-refractivity contribution is 7.13. The number of hydrogen-bond acceptors (Lipinski definition) is 4. The lowest BCUT2D eigenvalue weighted by molar-refractivity contribution is 0.0668. The van der Waals surface area contributed by atoms with Crippen LogP contribution >= 0.6 is 11.3 Å². The van der Waals surface area contributed by atoms with Gasteiger partial charge in [0.1, 0.15) is 4.88 Å². The number of nitrogens with zero attached hydrogens (tertiary/aromatic N) is 2. The van der Waals surface area contributed by atoms with Crippen molar-refractivity contribution in [2.45, 2.75) is 45.4 Å². The molecule has 5 heteroatoms. The van der Waals surface area contributed by atoms with Gasteiger partial charge in [0.2, 0.25) is 0 Å². The zero-order chi connectivity index (χ0) is 15.7. The van der Waals surface area contributed by atoms with Gasteiger partial charge in [0, 0.05) is 18.5 Å². The minimum Gasteiger partial charge on any atom is -0.338 e. The van der Waals surface area contributed by atoms with Crippen molar-refractivity contribution in [3.05, 3.63) is 16.1 Å². The molecule has 3 heterocycles. The van der Waals surface area contributed by atoms with Gasteiger partial charge in [-0.25, -0.2) is 4.98 Å². The van der Waals surface area contributed by atoms with E-state index in [-0.39, 0.29) is 11.3 Å². The Balaban J connectivity index is 1.58. The largest absolute Gasteiger partial charge is 0.338 e. The van der Waals surface area contributed by atoms with E-state index in [4.69, 9.17) is 0 Å². The Hall–Kier alpha value is -0.940. The first kappa shape index (κ1) is 15.9. The summed E-state index contributed by atoms with van der Waals surface area (Å²) >= 11 is 1.56. The van der Waals surface area contributed by atoms with Crippen LogP contribution in [-0.4, -0.2) is 42.0 Å². The van der Waals surface area contributed by atoms with Crippen molar-refractivity contribution in [1.82, 2.24) is 15.2 Å². The predicted octanol–water partition coefficient (Wildman–Crippen LogP) is 2.90. The number of thiazole rings is 1. The summed E-state index contributed by atoms with van der Waals surface area (Å²) in [7, 11) is 0. The van der Waals surface area contributed by atoms with Gasteiger partial charge >= 0.3 is 0 Å². The van der Waals surface area contributed by atoms with Crippen LogP contribution < -0.4 is 5.32 Å². The van der Waals surface area contributed by atoms with Crippen molar-refractivity contribution in [2.75, 3.05) is 26.2 Å². The van der Waals surface area contributed by atoms with Crippen molar-refractivity contribution >= 4 is 17.2 Å². The minimum absolute atomic E-state index is 0.0195. The Bertz CT molecular complexity index is 520. The monoisotopic (exact) mass is 321 g/mol. The molecule has 1 aromatic heterocycles.